The maximum Gasteiger partial charge on any atom is 0.149 e. The molecule has 0 fully saturated rings. The molecule has 2 aromatic rings. The average Bonchev–Trinajstić information content (AvgIpc) is 2.38. The molecule has 0 aliphatic heterocycles. The largest absolute Gasteiger partial charge is 0.323 e. The van der Waals surface area contributed by atoms with Crippen molar-refractivity contribution in [1.29, 1.82) is 0 Å². The summed E-state index contributed by atoms with van der Waals surface area (Å²) in [7, 11) is -3.06. The van der Waals surface area contributed by atoms with Crippen LogP contribution in [-0.4, -0.2) is 20.4 Å². The lowest BCUT2D eigenvalue weighted by atomic mass is 10.0. The van der Waals surface area contributed by atoms with E-state index in [1.54, 1.807) is 0 Å². The number of hydrogen-bond donors (Lipinski definition) is 1. The van der Waals surface area contributed by atoms with Gasteiger partial charge in [0.05, 0.1) is 5.75 Å². The van der Waals surface area contributed by atoms with Crippen LogP contribution in [0.3, 0.4) is 0 Å². The lowest BCUT2D eigenvalue weighted by Crippen LogP contribution is -2.20. The highest BCUT2D eigenvalue weighted by Gasteiger charge is 2.12. The summed E-state index contributed by atoms with van der Waals surface area (Å²) in [6.07, 6.45) is 1.20. The van der Waals surface area contributed by atoms with Gasteiger partial charge in [-0.15, -0.1) is 0 Å². The van der Waals surface area contributed by atoms with Crippen molar-refractivity contribution in [2.45, 2.75) is 6.04 Å². The predicted molar refractivity (Wildman–Crippen MR) is 78.5 cm³/mol. The molecule has 0 spiro atoms. The van der Waals surface area contributed by atoms with Crippen molar-refractivity contribution in [3.05, 3.63) is 60.2 Å². The summed E-state index contributed by atoms with van der Waals surface area (Å²) in [6.45, 7) is 0. The van der Waals surface area contributed by atoms with E-state index < -0.39 is 15.9 Å². The number of hydrogen-bond acceptors (Lipinski definition) is 3. The van der Waals surface area contributed by atoms with Gasteiger partial charge in [0.1, 0.15) is 9.84 Å². The van der Waals surface area contributed by atoms with E-state index in [9.17, 15) is 8.42 Å². The molecule has 2 aromatic carbocycles. The molecule has 0 radical (unpaired) electrons. The van der Waals surface area contributed by atoms with Crippen molar-refractivity contribution in [3.63, 3.8) is 0 Å². The summed E-state index contributed by atoms with van der Waals surface area (Å²) >= 11 is 0. The number of sulfone groups is 1. The normalized spacial score (nSPS) is 13.2. The number of nitrogens with two attached hydrogens (primary N) is 1. The highest BCUT2D eigenvalue weighted by Crippen LogP contribution is 2.21. The molecule has 3 nitrogen and oxygen atoms in total. The molecule has 100 valence electrons. The summed E-state index contributed by atoms with van der Waals surface area (Å²) in [5, 5.41) is 0. The van der Waals surface area contributed by atoms with Crippen molar-refractivity contribution in [3.8, 4) is 11.1 Å². The second kappa shape index (κ2) is 5.55. The minimum atomic E-state index is -3.06. The van der Waals surface area contributed by atoms with Crippen LogP contribution in [0.4, 0.5) is 0 Å². The second-order valence-corrected chi connectivity index (χ2v) is 6.87. The van der Waals surface area contributed by atoms with Gasteiger partial charge in [0.15, 0.2) is 0 Å². The van der Waals surface area contributed by atoms with Crippen LogP contribution in [0.25, 0.3) is 11.1 Å². The quantitative estimate of drug-likeness (QED) is 0.932. The highest BCUT2D eigenvalue weighted by atomic mass is 32.2. The Kier molecular flexibility index (Phi) is 4.02. The molecule has 0 amide bonds. The first-order chi connectivity index (χ1) is 8.96. The SMILES string of the molecule is CS(=O)(=O)CC(N)c1ccc(-c2ccccc2)cc1. The van der Waals surface area contributed by atoms with Crippen molar-refractivity contribution >= 4 is 9.84 Å². The molecule has 2 N–H and O–H groups in total. The second-order valence-electron chi connectivity index (χ2n) is 4.69. The lowest BCUT2D eigenvalue weighted by Gasteiger charge is -2.11. The molecule has 2 rings (SSSR count). The third kappa shape index (κ3) is 3.91. The molecule has 0 aromatic heterocycles. The zero-order valence-corrected chi connectivity index (χ0v) is 11.6. The van der Waals surface area contributed by atoms with E-state index in [0.29, 0.717) is 0 Å². The topological polar surface area (TPSA) is 60.2 Å². The highest BCUT2D eigenvalue weighted by molar-refractivity contribution is 7.90. The van der Waals surface area contributed by atoms with Crippen LogP contribution < -0.4 is 5.73 Å². The van der Waals surface area contributed by atoms with Gasteiger partial charge in [-0.05, 0) is 16.7 Å². The van der Waals surface area contributed by atoms with Gasteiger partial charge >= 0.3 is 0 Å². The predicted octanol–water partition coefficient (Wildman–Crippen LogP) is 2.40. The van der Waals surface area contributed by atoms with Crippen LogP contribution in [0.1, 0.15) is 11.6 Å². The third-order valence-electron chi connectivity index (χ3n) is 2.93. The fourth-order valence-corrected chi connectivity index (χ4v) is 2.82. The fraction of sp³-hybridized carbons (Fsp3) is 0.200. The van der Waals surface area contributed by atoms with Gasteiger partial charge in [-0.2, -0.15) is 0 Å². The van der Waals surface area contributed by atoms with Crippen molar-refractivity contribution in [1.82, 2.24) is 0 Å². The van der Waals surface area contributed by atoms with E-state index in [1.165, 1.54) is 6.26 Å². The molecule has 19 heavy (non-hydrogen) atoms. The Morgan fingerprint density at radius 2 is 1.47 bits per heavy atom. The number of benzene rings is 2. The maximum absolute atomic E-state index is 11.2. The van der Waals surface area contributed by atoms with Gasteiger partial charge in [0, 0.05) is 12.3 Å². The summed E-state index contributed by atoms with van der Waals surface area (Å²) in [6, 6.07) is 17.2. The van der Waals surface area contributed by atoms with Crippen molar-refractivity contribution in [2.75, 3.05) is 12.0 Å². The van der Waals surface area contributed by atoms with Gasteiger partial charge < -0.3 is 5.73 Å². The van der Waals surface area contributed by atoms with Gasteiger partial charge in [-0.25, -0.2) is 8.42 Å². The monoisotopic (exact) mass is 275 g/mol. The molecule has 0 heterocycles. The summed E-state index contributed by atoms with van der Waals surface area (Å²) < 4.78 is 22.4. The van der Waals surface area contributed by atoms with Gasteiger partial charge in [-0.3, -0.25) is 0 Å². The van der Waals surface area contributed by atoms with E-state index in [-0.39, 0.29) is 5.75 Å². The Morgan fingerprint density at radius 1 is 0.947 bits per heavy atom. The molecule has 4 heteroatoms. The summed E-state index contributed by atoms with van der Waals surface area (Å²) in [5.41, 5.74) is 8.95. The molecule has 0 saturated heterocycles. The first kappa shape index (κ1) is 13.8. The van der Waals surface area contributed by atoms with E-state index >= 15 is 0 Å². The first-order valence-electron chi connectivity index (χ1n) is 6.04. The minimum absolute atomic E-state index is 0.0301. The Morgan fingerprint density at radius 3 is 2.00 bits per heavy atom. The molecule has 0 bridgehead atoms. The Hall–Kier alpha value is -1.65. The van der Waals surface area contributed by atoms with Gasteiger partial charge in [-0.1, -0.05) is 54.6 Å². The number of rotatable bonds is 4. The Bertz CT molecular complexity index is 634. The molecule has 0 aliphatic carbocycles. The summed E-state index contributed by atoms with van der Waals surface area (Å²) in [4.78, 5) is 0. The molecular weight excluding hydrogens is 258 g/mol. The molecule has 0 aliphatic rings. The van der Waals surface area contributed by atoms with E-state index in [0.717, 1.165) is 16.7 Å². The third-order valence-corrected chi connectivity index (χ3v) is 3.89. The van der Waals surface area contributed by atoms with E-state index in [4.69, 9.17) is 5.73 Å². The zero-order valence-electron chi connectivity index (χ0n) is 10.8. The van der Waals surface area contributed by atoms with Crippen LogP contribution in [-0.2, 0) is 9.84 Å². The smallest absolute Gasteiger partial charge is 0.149 e. The average molecular weight is 275 g/mol. The zero-order chi connectivity index (χ0) is 13.9. The minimum Gasteiger partial charge on any atom is -0.323 e. The Labute approximate surface area is 114 Å². The van der Waals surface area contributed by atoms with Crippen LogP contribution in [0.2, 0.25) is 0 Å². The lowest BCUT2D eigenvalue weighted by molar-refractivity contribution is 0.595. The van der Waals surface area contributed by atoms with Gasteiger partial charge in [0.25, 0.3) is 0 Å². The van der Waals surface area contributed by atoms with Crippen molar-refractivity contribution in [2.24, 2.45) is 5.73 Å². The van der Waals surface area contributed by atoms with Crippen molar-refractivity contribution < 1.29 is 8.42 Å². The Balaban J connectivity index is 2.19. The summed E-state index contributed by atoms with van der Waals surface area (Å²) in [5.74, 6) is -0.0301. The standard InChI is InChI=1S/C15H17NO2S/c1-19(17,18)11-15(16)14-9-7-13(8-10-14)12-5-3-2-4-6-12/h2-10,15H,11,16H2,1H3. The molecule has 0 saturated carbocycles. The fourth-order valence-electron chi connectivity index (χ4n) is 1.98. The maximum atomic E-state index is 11.2. The van der Waals surface area contributed by atoms with Gasteiger partial charge in [0.2, 0.25) is 0 Å². The molecule has 1 atom stereocenters. The van der Waals surface area contributed by atoms with Crippen LogP contribution in [0, 0.1) is 0 Å². The molecular formula is C15H17NO2S. The van der Waals surface area contributed by atoms with Crippen LogP contribution in [0.5, 0.6) is 0 Å². The van der Waals surface area contributed by atoms with E-state index in [2.05, 4.69) is 0 Å². The van der Waals surface area contributed by atoms with Crippen LogP contribution in [0.15, 0.2) is 54.6 Å². The van der Waals surface area contributed by atoms with E-state index in [1.807, 2.05) is 54.6 Å². The van der Waals surface area contributed by atoms with Crippen LogP contribution >= 0.6 is 0 Å². The first-order valence-corrected chi connectivity index (χ1v) is 8.10. The molecule has 1 unspecified atom stereocenters.